The molecule has 17 heavy (non-hydrogen) atoms. The number of rotatable bonds is 7. The van der Waals surface area contributed by atoms with Crippen molar-refractivity contribution in [3.8, 4) is 0 Å². The van der Waals surface area contributed by atoms with Gasteiger partial charge in [-0.15, -0.1) is 0 Å². The molecule has 1 N–H and O–H groups in total. The van der Waals surface area contributed by atoms with Gasteiger partial charge in [-0.1, -0.05) is 23.8 Å². The van der Waals surface area contributed by atoms with Gasteiger partial charge >= 0.3 is 0 Å². The first-order valence-electron chi connectivity index (χ1n) is 5.97. The summed E-state index contributed by atoms with van der Waals surface area (Å²) < 4.78 is 10.2. The van der Waals surface area contributed by atoms with E-state index in [1.165, 1.54) is 5.56 Å². The molecule has 1 aromatic carbocycles. The SMILES string of the molecule is COCCOCCC(O)c1ccc(C)cc1C. The van der Waals surface area contributed by atoms with E-state index in [2.05, 4.69) is 13.0 Å². The molecule has 0 saturated heterocycles. The fraction of sp³-hybridized carbons (Fsp3) is 0.571. The molecule has 1 rings (SSSR count). The maximum absolute atomic E-state index is 10.0. The Balaban J connectivity index is 2.38. The third-order valence-electron chi connectivity index (χ3n) is 2.75. The van der Waals surface area contributed by atoms with Gasteiger partial charge in [0.15, 0.2) is 0 Å². The van der Waals surface area contributed by atoms with Crippen LogP contribution in [-0.2, 0) is 9.47 Å². The maximum atomic E-state index is 10.0. The van der Waals surface area contributed by atoms with Crippen molar-refractivity contribution in [2.75, 3.05) is 26.9 Å². The summed E-state index contributed by atoms with van der Waals surface area (Å²) in [7, 11) is 1.65. The first-order chi connectivity index (χ1) is 8.15. The van der Waals surface area contributed by atoms with Gasteiger partial charge in [-0.2, -0.15) is 0 Å². The van der Waals surface area contributed by atoms with Crippen LogP contribution in [0.4, 0.5) is 0 Å². The molecule has 0 saturated carbocycles. The normalized spacial score (nSPS) is 12.7. The Morgan fingerprint density at radius 3 is 2.59 bits per heavy atom. The maximum Gasteiger partial charge on any atom is 0.0814 e. The van der Waals surface area contributed by atoms with Crippen LogP contribution < -0.4 is 0 Å². The van der Waals surface area contributed by atoms with Crippen LogP contribution in [0.5, 0.6) is 0 Å². The van der Waals surface area contributed by atoms with E-state index in [-0.39, 0.29) is 0 Å². The van der Waals surface area contributed by atoms with Crippen LogP contribution in [0, 0.1) is 13.8 Å². The summed E-state index contributed by atoms with van der Waals surface area (Å²) in [6, 6.07) is 6.10. The first kappa shape index (κ1) is 14.2. The van der Waals surface area contributed by atoms with Crippen molar-refractivity contribution in [3.63, 3.8) is 0 Å². The molecule has 0 radical (unpaired) electrons. The fourth-order valence-corrected chi connectivity index (χ4v) is 1.79. The average molecular weight is 238 g/mol. The van der Waals surface area contributed by atoms with Crippen LogP contribution in [0.25, 0.3) is 0 Å². The van der Waals surface area contributed by atoms with Crippen LogP contribution in [0.15, 0.2) is 18.2 Å². The second kappa shape index (κ2) is 7.43. The Hall–Kier alpha value is -0.900. The lowest BCUT2D eigenvalue weighted by atomic mass is 9.99. The Bertz CT molecular complexity index is 336. The van der Waals surface area contributed by atoms with Crippen LogP contribution in [0.3, 0.4) is 0 Å². The average Bonchev–Trinajstić information content (AvgIpc) is 2.28. The lowest BCUT2D eigenvalue weighted by Crippen LogP contribution is -2.08. The van der Waals surface area contributed by atoms with Gasteiger partial charge in [0.25, 0.3) is 0 Å². The first-order valence-corrected chi connectivity index (χ1v) is 5.97. The number of aryl methyl sites for hydroxylation is 2. The standard InChI is InChI=1S/C14H22O3/c1-11-4-5-13(12(2)10-11)14(15)6-7-17-9-8-16-3/h4-5,10,14-15H,6-9H2,1-3H3. The highest BCUT2D eigenvalue weighted by atomic mass is 16.5. The molecule has 1 unspecified atom stereocenters. The van der Waals surface area contributed by atoms with Gasteiger partial charge in [0.05, 0.1) is 19.3 Å². The van der Waals surface area contributed by atoms with Gasteiger partial charge in [0, 0.05) is 20.1 Å². The summed E-state index contributed by atoms with van der Waals surface area (Å²) in [5, 5.41) is 10.0. The fourth-order valence-electron chi connectivity index (χ4n) is 1.79. The Kier molecular flexibility index (Phi) is 6.19. The molecule has 0 aliphatic carbocycles. The van der Waals surface area contributed by atoms with Crippen molar-refractivity contribution >= 4 is 0 Å². The Morgan fingerprint density at radius 1 is 1.18 bits per heavy atom. The van der Waals surface area contributed by atoms with E-state index in [0.717, 1.165) is 11.1 Å². The molecule has 0 aliphatic heterocycles. The Labute approximate surface area is 103 Å². The van der Waals surface area contributed by atoms with Crippen LogP contribution >= 0.6 is 0 Å². The lowest BCUT2D eigenvalue weighted by Gasteiger charge is -2.14. The number of benzene rings is 1. The minimum atomic E-state index is -0.446. The van der Waals surface area contributed by atoms with Gasteiger partial charge in [-0.25, -0.2) is 0 Å². The molecule has 0 heterocycles. The van der Waals surface area contributed by atoms with Gasteiger partial charge in [0.2, 0.25) is 0 Å². The van der Waals surface area contributed by atoms with Gasteiger partial charge < -0.3 is 14.6 Å². The van der Waals surface area contributed by atoms with E-state index in [9.17, 15) is 5.11 Å². The van der Waals surface area contributed by atoms with Gasteiger partial charge in [-0.05, 0) is 25.0 Å². The van der Waals surface area contributed by atoms with Crippen molar-refractivity contribution in [2.45, 2.75) is 26.4 Å². The van der Waals surface area contributed by atoms with E-state index in [1.807, 2.05) is 19.1 Å². The number of aliphatic hydroxyl groups excluding tert-OH is 1. The second-order valence-corrected chi connectivity index (χ2v) is 4.27. The molecule has 1 atom stereocenters. The summed E-state index contributed by atoms with van der Waals surface area (Å²) in [6.45, 7) is 5.81. The molecule has 0 aromatic heterocycles. The summed E-state index contributed by atoms with van der Waals surface area (Å²) >= 11 is 0. The monoisotopic (exact) mass is 238 g/mol. The molecule has 96 valence electrons. The molecule has 0 amide bonds. The minimum absolute atomic E-state index is 0.446. The molecular formula is C14H22O3. The van der Waals surface area contributed by atoms with Crippen molar-refractivity contribution in [3.05, 3.63) is 34.9 Å². The highest BCUT2D eigenvalue weighted by Crippen LogP contribution is 2.21. The zero-order valence-electron chi connectivity index (χ0n) is 10.9. The van der Waals surface area contributed by atoms with Crippen molar-refractivity contribution in [1.29, 1.82) is 0 Å². The molecule has 3 heteroatoms. The summed E-state index contributed by atoms with van der Waals surface area (Å²) in [5.41, 5.74) is 3.34. The predicted octanol–water partition coefficient (Wildman–Crippen LogP) is 2.39. The van der Waals surface area contributed by atoms with E-state index < -0.39 is 6.10 Å². The van der Waals surface area contributed by atoms with E-state index >= 15 is 0 Å². The van der Waals surface area contributed by atoms with E-state index in [0.29, 0.717) is 26.2 Å². The number of methoxy groups -OCH3 is 1. The quantitative estimate of drug-likeness (QED) is 0.741. The third-order valence-corrected chi connectivity index (χ3v) is 2.75. The summed E-state index contributed by atoms with van der Waals surface area (Å²) in [4.78, 5) is 0. The summed E-state index contributed by atoms with van der Waals surface area (Å²) in [6.07, 6.45) is 0.173. The molecular weight excluding hydrogens is 216 g/mol. The molecule has 0 bridgehead atoms. The molecule has 3 nitrogen and oxygen atoms in total. The van der Waals surface area contributed by atoms with Crippen LogP contribution in [0.2, 0.25) is 0 Å². The van der Waals surface area contributed by atoms with Crippen molar-refractivity contribution in [1.82, 2.24) is 0 Å². The smallest absolute Gasteiger partial charge is 0.0814 e. The highest BCUT2D eigenvalue weighted by Gasteiger charge is 2.09. The van der Waals surface area contributed by atoms with Gasteiger partial charge in [0.1, 0.15) is 0 Å². The zero-order valence-corrected chi connectivity index (χ0v) is 10.9. The molecule has 1 aromatic rings. The van der Waals surface area contributed by atoms with E-state index in [4.69, 9.17) is 9.47 Å². The van der Waals surface area contributed by atoms with Crippen molar-refractivity contribution < 1.29 is 14.6 Å². The minimum Gasteiger partial charge on any atom is -0.388 e. The number of hydrogen-bond acceptors (Lipinski definition) is 3. The highest BCUT2D eigenvalue weighted by molar-refractivity contribution is 5.31. The number of ether oxygens (including phenoxy) is 2. The number of aliphatic hydroxyl groups is 1. The third kappa shape index (κ3) is 4.86. The summed E-state index contributed by atoms with van der Waals surface area (Å²) in [5.74, 6) is 0. The van der Waals surface area contributed by atoms with Crippen LogP contribution in [0.1, 0.15) is 29.2 Å². The molecule has 0 fully saturated rings. The lowest BCUT2D eigenvalue weighted by molar-refractivity contribution is 0.0474. The second-order valence-electron chi connectivity index (χ2n) is 4.27. The molecule has 0 spiro atoms. The van der Waals surface area contributed by atoms with E-state index in [1.54, 1.807) is 7.11 Å². The number of hydrogen-bond donors (Lipinski definition) is 1. The zero-order chi connectivity index (χ0) is 12.7. The van der Waals surface area contributed by atoms with Crippen molar-refractivity contribution in [2.24, 2.45) is 0 Å². The predicted molar refractivity (Wildman–Crippen MR) is 68.2 cm³/mol. The largest absolute Gasteiger partial charge is 0.388 e. The van der Waals surface area contributed by atoms with Crippen LogP contribution in [-0.4, -0.2) is 32.0 Å². The molecule has 0 aliphatic rings. The topological polar surface area (TPSA) is 38.7 Å². The Morgan fingerprint density at radius 2 is 1.94 bits per heavy atom. The van der Waals surface area contributed by atoms with Gasteiger partial charge in [-0.3, -0.25) is 0 Å².